The first-order valence-electron chi connectivity index (χ1n) is 14.6. The van der Waals surface area contributed by atoms with Crippen LogP contribution in [0.4, 0.5) is 10.1 Å². The second-order valence-corrected chi connectivity index (χ2v) is 14.6. The zero-order chi connectivity index (χ0) is 31.3. The largest absolute Gasteiger partial charge is 0.358 e. The highest BCUT2D eigenvalue weighted by atomic mass is 35.5. The first kappa shape index (κ1) is 30.8. The number of aryl methyl sites for hydroxylation is 1. The fraction of sp³-hybridized carbons (Fsp3) is 0.375. The van der Waals surface area contributed by atoms with Gasteiger partial charge in [0.2, 0.25) is 0 Å². The number of nitrogens with one attached hydrogen (secondary N) is 2. The molecule has 2 aromatic carbocycles. The van der Waals surface area contributed by atoms with E-state index in [1.54, 1.807) is 30.3 Å². The molecule has 2 atom stereocenters. The van der Waals surface area contributed by atoms with Gasteiger partial charge in [0.05, 0.1) is 21.8 Å². The van der Waals surface area contributed by atoms with Crippen molar-refractivity contribution in [1.82, 2.24) is 14.8 Å². The van der Waals surface area contributed by atoms with Crippen LogP contribution in [-0.2, 0) is 20.4 Å². The van der Waals surface area contributed by atoms with E-state index < -0.39 is 21.8 Å². The number of halogens is 3. The molecule has 8 nitrogen and oxygen atoms in total. The number of anilines is 1. The molecule has 3 aliphatic heterocycles. The quantitative estimate of drug-likeness (QED) is 0.301. The van der Waals surface area contributed by atoms with Gasteiger partial charge in [0.1, 0.15) is 6.17 Å². The Morgan fingerprint density at radius 2 is 1.86 bits per heavy atom. The highest BCUT2D eigenvalue weighted by molar-refractivity contribution is 7.90. The fourth-order valence-corrected chi connectivity index (χ4v) is 8.64. The van der Waals surface area contributed by atoms with Gasteiger partial charge in [0.15, 0.2) is 9.84 Å². The lowest BCUT2D eigenvalue weighted by Gasteiger charge is -2.28. The summed E-state index contributed by atoms with van der Waals surface area (Å²) in [7, 11) is -3.86. The minimum absolute atomic E-state index is 0.0248. The highest BCUT2D eigenvalue weighted by Crippen LogP contribution is 2.37. The lowest BCUT2D eigenvalue weighted by Crippen LogP contribution is -2.43. The molecule has 1 aromatic heterocycles. The molecular weight excluding hydrogens is 626 g/mol. The predicted molar refractivity (Wildman–Crippen MR) is 171 cm³/mol. The number of hydrogen-bond donors (Lipinski definition) is 2. The van der Waals surface area contributed by atoms with Crippen molar-refractivity contribution in [2.75, 3.05) is 31.5 Å². The van der Waals surface area contributed by atoms with Gasteiger partial charge in [-0.15, -0.1) is 0 Å². The van der Waals surface area contributed by atoms with E-state index in [1.807, 2.05) is 18.7 Å². The molecule has 0 radical (unpaired) electrons. The van der Waals surface area contributed by atoms with Crippen LogP contribution in [0.2, 0.25) is 10.0 Å². The zero-order valence-corrected chi connectivity index (χ0v) is 26.8. The van der Waals surface area contributed by atoms with Crippen molar-refractivity contribution in [2.45, 2.75) is 56.0 Å². The Morgan fingerprint density at radius 1 is 1.11 bits per heavy atom. The second kappa shape index (κ2) is 12.0. The number of carbonyl (C=O) groups excluding carboxylic acids is 2. The van der Waals surface area contributed by atoms with Gasteiger partial charge < -0.3 is 15.2 Å². The molecule has 0 unspecified atom stereocenters. The van der Waals surface area contributed by atoms with Crippen molar-refractivity contribution in [3.05, 3.63) is 80.1 Å². The van der Waals surface area contributed by atoms with Crippen LogP contribution in [0, 0.1) is 13.8 Å². The predicted octanol–water partition coefficient (Wildman–Crippen LogP) is 6.05. The molecule has 232 valence electrons. The molecule has 2 N–H and O–H groups in total. The van der Waals surface area contributed by atoms with Crippen LogP contribution in [0.25, 0.3) is 11.6 Å². The topological polar surface area (TPSA) is 103 Å². The highest BCUT2D eigenvalue weighted by Gasteiger charge is 2.35. The summed E-state index contributed by atoms with van der Waals surface area (Å²) in [5, 5.41) is 3.31. The third kappa shape index (κ3) is 5.80. The third-order valence-corrected chi connectivity index (χ3v) is 11.2. The summed E-state index contributed by atoms with van der Waals surface area (Å²) in [6.07, 6.45) is 3.17. The lowest BCUT2D eigenvalue weighted by atomic mass is 10.0. The molecule has 6 rings (SSSR count). The molecule has 4 heterocycles. The standard InChI is InChI=1S/C32H33Cl2FN4O4S/c1-18-29(36-19(2)30(18)32(41)39-11-4-5-21(39)16-38-12-10-20(35)15-38)14-24-23-13-22(8-9-28(23)37-31(24)40)44(42,43)17-25-26(33)6-3-7-27(25)34/h3,6-9,13-14,20-21,36H,4-5,10-12,15-17H2,1-2H3,(H,37,40)/t20-,21-/m0/s1. The maximum Gasteiger partial charge on any atom is 0.256 e. The monoisotopic (exact) mass is 658 g/mol. The number of hydrogen-bond acceptors (Lipinski definition) is 5. The number of alkyl halides is 1. The molecule has 0 saturated carbocycles. The normalized spacial score (nSPS) is 21.3. The Labute approximate surface area is 266 Å². The molecule has 44 heavy (non-hydrogen) atoms. The molecule has 0 spiro atoms. The van der Waals surface area contributed by atoms with Gasteiger partial charge in [-0.3, -0.25) is 14.5 Å². The number of H-pyrrole nitrogens is 1. The van der Waals surface area contributed by atoms with Gasteiger partial charge in [-0.1, -0.05) is 29.3 Å². The summed E-state index contributed by atoms with van der Waals surface area (Å²) in [4.78, 5) is 34.2. The van der Waals surface area contributed by atoms with Crippen LogP contribution in [0.1, 0.15) is 57.7 Å². The smallest absolute Gasteiger partial charge is 0.256 e. The number of nitrogens with zero attached hydrogens (tertiary/aromatic N) is 2. The van der Waals surface area contributed by atoms with E-state index in [0.29, 0.717) is 71.9 Å². The van der Waals surface area contributed by atoms with Crippen LogP contribution >= 0.6 is 23.2 Å². The average Bonchev–Trinajstić information content (AvgIpc) is 3.73. The van der Waals surface area contributed by atoms with Crippen molar-refractivity contribution in [1.29, 1.82) is 0 Å². The van der Waals surface area contributed by atoms with E-state index in [0.717, 1.165) is 12.8 Å². The van der Waals surface area contributed by atoms with Crippen LogP contribution < -0.4 is 5.32 Å². The number of amides is 2. The molecule has 3 aliphatic rings. The Balaban J connectivity index is 1.28. The number of fused-ring (bicyclic) bond motifs is 1. The van der Waals surface area contributed by atoms with E-state index in [1.165, 1.54) is 12.1 Å². The van der Waals surface area contributed by atoms with Gasteiger partial charge in [-0.25, -0.2) is 12.8 Å². The minimum atomic E-state index is -3.86. The molecule has 3 aromatic rings. The summed E-state index contributed by atoms with van der Waals surface area (Å²) in [6, 6.07) is 9.34. The van der Waals surface area contributed by atoms with Crippen LogP contribution in [0.3, 0.4) is 0 Å². The van der Waals surface area contributed by atoms with Crippen molar-refractivity contribution in [3.63, 3.8) is 0 Å². The second-order valence-electron chi connectivity index (χ2n) is 11.8. The number of aromatic nitrogens is 1. The molecule has 0 bridgehead atoms. The van der Waals surface area contributed by atoms with Crippen LogP contribution in [-0.4, -0.2) is 73.4 Å². The van der Waals surface area contributed by atoms with Crippen LogP contribution in [0.15, 0.2) is 41.3 Å². The van der Waals surface area contributed by atoms with E-state index in [9.17, 15) is 22.4 Å². The number of aromatic amines is 1. The molecule has 2 amide bonds. The average molecular weight is 660 g/mol. The van der Waals surface area contributed by atoms with Gasteiger partial charge in [-0.2, -0.15) is 0 Å². The Hall–Kier alpha value is -3.18. The van der Waals surface area contributed by atoms with Gasteiger partial charge >= 0.3 is 0 Å². The number of benzene rings is 2. The third-order valence-electron chi connectivity index (χ3n) is 8.83. The SMILES string of the molecule is Cc1[nH]c(C=C2C(=O)Nc3ccc(S(=O)(=O)Cc4c(Cl)cccc4Cl)cc32)c(C)c1C(=O)N1CCC[C@H]1CN1CC[C@H](F)C1. The molecule has 2 fully saturated rings. The van der Waals surface area contributed by atoms with Crippen molar-refractivity contribution in [3.8, 4) is 0 Å². The first-order valence-corrected chi connectivity index (χ1v) is 17.0. The fourth-order valence-electron chi connectivity index (χ4n) is 6.52. The molecule has 0 aliphatic carbocycles. The Bertz CT molecular complexity index is 1790. The first-order chi connectivity index (χ1) is 20.9. The van der Waals surface area contributed by atoms with Crippen molar-refractivity contribution in [2.24, 2.45) is 0 Å². The van der Waals surface area contributed by atoms with Crippen molar-refractivity contribution < 1.29 is 22.4 Å². The summed E-state index contributed by atoms with van der Waals surface area (Å²) < 4.78 is 40.6. The molecule has 12 heteroatoms. The summed E-state index contributed by atoms with van der Waals surface area (Å²) >= 11 is 12.5. The number of rotatable bonds is 7. The van der Waals surface area contributed by atoms with E-state index >= 15 is 0 Å². The van der Waals surface area contributed by atoms with Crippen molar-refractivity contribution >= 4 is 62.2 Å². The van der Waals surface area contributed by atoms with Crippen LogP contribution in [0.5, 0.6) is 0 Å². The Kier molecular flexibility index (Phi) is 8.38. The summed E-state index contributed by atoms with van der Waals surface area (Å²) in [6.45, 7) is 6.09. The number of sulfone groups is 1. The van der Waals surface area contributed by atoms with Gasteiger partial charge in [0.25, 0.3) is 11.8 Å². The molecular formula is C32H33Cl2FN4O4S. The van der Waals surface area contributed by atoms with E-state index in [-0.39, 0.29) is 38.4 Å². The number of carbonyl (C=O) groups is 2. The maximum absolute atomic E-state index is 13.8. The van der Waals surface area contributed by atoms with E-state index in [4.69, 9.17) is 23.2 Å². The lowest BCUT2D eigenvalue weighted by molar-refractivity contribution is -0.110. The summed E-state index contributed by atoms with van der Waals surface area (Å²) in [5.41, 5.74) is 4.06. The van der Waals surface area contributed by atoms with E-state index in [2.05, 4.69) is 15.2 Å². The molecule has 2 saturated heterocycles. The van der Waals surface area contributed by atoms with Gasteiger partial charge in [0, 0.05) is 70.5 Å². The summed E-state index contributed by atoms with van der Waals surface area (Å²) in [5.74, 6) is -0.851. The minimum Gasteiger partial charge on any atom is -0.358 e. The number of likely N-dealkylation sites (tertiary alicyclic amines) is 2. The Morgan fingerprint density at radius 3 is 2.57 bits per heavy atom. The van der Waals surface area contributed by atoms with Gasteiger partial charge in [-0.05, 0) is 75.1 Å². The maximum atomic E-state index is 13.8. The zero-order valence-electron chi connectivity index (χ0n) is 24.4.